The van der Waals surface area contributed by atoms with Crippen LogP contribution in [0.3, 0.4) is 0 Å². The number of allylic oxidation sites excluding steroid dienone is 1. The van der Waals surface area contributed by atoms with Gasteiger partial charge in [-0.05, 0) is 23.8 Å². The number of phenols is 1. The van der Waals surface area contributed by atoms with Crippen LogP contribution < -0.4 is 0 Å². The second-order valence-corrected chi connectivity index (χ2v) is 5.53. The number of thiazole rings is 1. The molecular weight excluding hydrogens is 292 g/mol. The average Bonchev–Trinajstić information content (AvgIpc) is 3.03. The molecule has 3 nitrogen and oxygen atoms in total. The summed E-state index contributed by atoms with van der Waals surface area (Å²) in [7, 11) is 0. The number of aromatic hydroxyl groups is 1. The van der Waals surface area contributed by atoms with Gasteiger partial charge in [0.2, 0.25) is 0 Å². The first-order valence-electron chi connectivity index (χ1n) is 6.68. The van der Waals surface area contributed by atoms with E-state index in [0.29, 0.717) is 10.6 Å². The first kappa shape index (κ1) is 14.1. The van der Waals surface area contributed by atoms with E-state index >= 15 is 0 Å². The third-order valence-corrected chi connectivity index (χ3v) is 3.98. The summed E-state index contributed by atoms with van der Waals surface area (Å²) in [6, 6.07) is 18.8. The van der Waals surface area contributed by atoms with Crippen molar-refractivity contribution in [2.45, 2.75) is 0 Å². The quantitative estimate of drug-likeness (QED) is 0.720. The molecule has 0 aliphatic carbocycles. The van der Waals surface area contributed by atoms with Crippen molar-refractivity contribution in [3.8, 4) is 23.1 Å². The molecule has 0 bridgehead atoms. The Balaban J connectivity index is 1.96. The summed E-state index contributed by atoms with van der Waals surface area (Å²) in [6.07, 6.45) is 1.73. The molecule has 0 fully saturated rings. The molecule has 0 amide bonds. The number of phenolic OH excluding ortho intramolecular Hbond substituents is 1. The Morgan fingerprint density at radius 2 is 1.95 bits per heavy atom. The van der Waals surface area contributed by atoms with E-state index in [4.69, 9.17) is 0 Å². The predicted molar refractivity (Wildman–Crippen MR) is 89.1 cm³/mol. The van der Waals surface area contributed by atoms with Crippen LogP contribution in [0.2, 0.25) is 0 Å². The largest absolute Gasteiger partial charge is 0.508 e. The lowest BCUT2D eigenvalue weighted by molar-refractivity contribution is 0.475. The van der Waals surface area contributed by atoms with Crippen molar-refractivity contribution in [1.29, 1.82) is 5.26 Å². The van der Waals surface area contributed by atoms with Gasteiger partial charge in [-0.15, -0.1) is 11.3 Å². The first-order chi connectivity index (χ1) is 10.8. The minimum Gasteiger partial charge on any atom is -0.508 e. The van der Waals surface area contributed by atoms with Crippen LogP contribution in [0.4, 0.5) is 0 Å². The van der Waals surface area contributed by atoms with Crippen LogP contribution in [-0.2, 0) is 0 Å². The van der Waals surface area contributed by atoms with E-state index in [-0.39, 0.29) is 5.75 Å². The molecule has 1 aromatic heterocycles. The Morgan fingerprint density at radius 1 is 1.14 bits per heavy atom. The molecule has 0 aliphatic rings. The highest BCUT2D eigenvalue weighted by molar-refractivity contribution is 7.11. The van der Waals surface area contributed by atoms with Gasteiger partial charge in [0.15, 0.2) is 0 Å². The van der Waals surface area contributed by atoms with Crippen LogP contribution in [-0.4, -0.2) is 10.1 Å². The average molecular weight is 304 g/mol. The zero-order valence-electron chi connectivity index (χ0n) is 11.6. The van der Waals surface area contributed by atoms with Crippen molar-refractivity contribution < 1.29 is 5.11 Å². The van der Waals surface area contributed by atoms with E-state index in [1.54, 1.807) is 24.3 Å². The van der Waals surface area contributed by atoms with Crippen LogP contribution in [0, 0.1) is 11.3 Å². The molecule has 0 saturated carbocycles. The van der Waals surface area contributed by atoms with Gasteiger partial charge in [0.05, 0.1) is 11.3 Å². The van der Waals surface area contributed by atoms with Gasteiger partial charge >= 0.3 is 0 Å². The van der Waals surface area contributed by atoms with E-state index in [2.05, 4.69) is 11.1 Å². The van der Waals surface area contributed by atoms with Crippen molar-refractivity contribution in [2.24, 2.45) is 0 Å². The zero-order chi connectivity index (χ0) is 15.4. The fourth-order valence-corrected chi connectivity index (χ4v) is 2.86. The second-order valence-electron chi connectivity index (χ2n) is 4.67. The Hall–Kier alpha value is -2.90. The van der Waals surface area contributed by atoms with Crippen molar-refractivity contribution in [3.05, 3.63) is 70.5 Å². The van der Waals surface area contributed by atoms with Gasteiger partial charge in [0.25, 0.3) is 0 Å². The van der Waals surface area contributed by atoms with E-state index in [9.17, 15) is 10.4 Å². The van der Waals surface area contributed by atoms with E-state index in [1.165, 1.54) is 11.3 Å². The fourth-order valence-electron chi connectivity index (χ4n) is 2.06. The Labute approximate surface area is 132 Å². The minimum atomic E-state index is 0.176. The first-order valence-corrected chi connectivity index (χ1v) is 7.56. The van der Waals surface area contributed by atoms with Crippen molar-refractivity contribution in [1.82, 2.24) is 4.98 Å². The van der Waals surface area contributed by atoms with Crippen LogP contribution >= 0.6 is 11.3 Å². The number of aromatic nitrogens is 1. The molecule has 0 atom stereocenters. The highest BCUT2D eigenvalue weighted by Gasteiger charge is 2.09. The number of benzene rings is 2. The van der Waals surface area contributed by atoms with Crippen LogP contribution in [0.25, 0.3) is 22.9 Å². The minimum absolute atomic E-state index is 0.176. The molecule has 3 rings (SSSR count). The summed E-state index contributed by atoms with van der Waals surface area (Å²) in [5.74, 6) is 0.176. The predicted octanol–water partition coefficient (Wildman–Crippen LogP) is 4.58. The monoisotopic (exact) mass is 304 g/mol. The number of nitriles is 1. The Bertz CT molecular complexity index is 860. The third-order valence-electron chi connectivity index (χ3n) is 3.11. The van der Waals surface area contributed by atoms with Crippen molar-refractivity contribution >= 4 is 23.0 Å². The molecule has 0 saturated heterocycles. The molecule has 0 spiro atoms. The maximum atomic E-state index is 9.50. The lowest BCUT2D eigenvalue weighted by atomic mass is 10.1. The molecule has 106 valence electrons. The molecule has 3 aromatic rings. The molecule has 22 heavy (non-hydrogen) atoms. The lowest BCUT2D eigenvalue weighted by Crippen LogP contribution is -1.82. The molecule has 2 aromatic carbocycles. The van der Waals surface area contributed by atoms with Crippen LogP contribution in [0.1, 0.15) is 10.6 Å². The second kappa shape index (κ2) is 6.25. The van der Waals surface area contributed by atoms with Crippen molar-refractivity contribution in [2.75, 3.05) is 0 Å². The fraction of sp³-hybridized carbons (Fsp3) is 0. The maximum Gasteiger partial charge on any atom is 0.134 e. The molecule has 1 heterocycles. The Kier molecular flexibility index (Phi) is 3.99. The van der Waals surface area contributed by atoms with Crippen LogP contribution in [0.15, 0.2) is 60.0 Å². The summed E-state index contributed by atoms with van der Waals surface area (Å²) in [4.78, 5) is 4.54. The summed E-state index contributed by atoms with van der Waals surface area (Å²) < 4.78 is 0. The lowest BCUT2D eigenvalue weighted by Gasteiger charge is -1.97. The van der Waals surface area contributed by atoms with Crippen molar-refractivity contribution in [3.63, 3.8) is 0 Å². The van der Waals surface area contributed by atoms with E-state index in [1.807, 2.05) is 41.8 Å². The molecule has 0 radical (unpaired) electrons. The number of rotatable bonds is 3. The topological polar surface area (TPSA) is 56.9 Å². The highest BCUT2D eigenvalue weighted by atomic mass is 32.1. The SMILES string of the molecule is N#C/C(=C/c1cccc(O)c1)c1nc(-c2ccccc2)cs1. The van der Waals surface area contributed by atoms with Gasteiger partial charge in [-0.1, -0.05) is 42.5 Å². The van der Waals surface area contributed by atoms with E-state index in [0.717, 1.165) is 16.8 Å². The van der Waals surface area contributed by atoms with Gasteiger partial charge in [-0.3, -0.25) is 0 Å². The van der Waals surface area contributed by atoms with E-state index < -0.39 is 0 Å². The number of nitrogens with zero attached hydrogens (tertiary/aromatic N) is 2. The van der Waals surface area contributed by atoms with Gasteiger partial charge < -0.3 is 5.11 Å². The normalized spacial score (nSPS) is 11.1. The zero-order valence-corrected chi connectivity index (χ0v) is 12.4. The molecule has 4 heteroatoms. The summed E-state index contributed by atoms with van der Waals surface area (Å²) in [6.45, 7) is 0. The Morgan fingerprint density at radius 3 is 2.68 bits per heavy atom. The number of hydrogen-bond acceptors (Lipinski definition) is 4. The third kappa shape index (κ3) is 3.05. The van der Waals surface area contributed by atoms with Gasteiger partial charge in [-0.2, -0.15) is 5.26 Å². The molecule has 0 unspecified atom stereocenters. The smallest absolute Gasteiger partial charge is 0.134 e. The van der Waals surface area contributed by atoms with Gasteiger partial charge in [0, 0.05) is 10.9 Å². The van der Waals surface area contributed by atoms with Gasteiger partial charge in [0.1, 0.15) is 16.8 Å². The summed E-state index contributed by atoms with van der Waals surface area (Å²) >= 11 is 1.44. The standard InChI is InChI=1S/C18H12N2OS/c19-11-15(9-13-5-4-8-16(21)10-13)18-20-17(12-22-18)14-6-2-1-3-7-14/h1-10,12,21H/b15-9-. The summed E-state index contributed by atoms with van der Waals surface area (Å²) in [5.41, 5.74) is 3.14. The summed E-state index contributed by atoms with van der Waals surface area (Å²) in [5, 5.41) is 21.5. The number of hydrogen-bond donors (Lipinski definition) is 1. The molecule has 1 N–H and O–H groups in total. The molecular formula is C18H12N2OS. The molecule has 0 aliphatic heterocycles. The van der Waals surface area contributed by atoms with Crippen LogP contribution in [0.5, 0.6) is 5.75 Å². The highest BCUT2D eigenvalue weighted by Crippen LogP contribution is 2.27. The van der Waals surface area contributed by atoms with Gasteiger partial charge in [-0.25, -0.2) is 4.98 Å². The maximum absolute atomic E-state index is 9.50.